The van der Waals surface area contributed by atoms with E-state index >= 15 is 0 Å². The lowest BCUT2D eigenvalue weighted by Gasteiger charge is -2.05. The molecule has 1 heterocycles. The van der Waals surface area contributed by atoms with Gasteiger partial charge in [0.2, 0.25) is 0 Å². The molecule has 3 heteroatoms. The number of carbonyl (C=O) groups excluding carboxylic acids is 1. The molecule has 18 heavy (non-hydrogen) atoms. The smallest absolute Gasteiger partial charge is 0.339 e. The second-order valence-corrected chi connectivity index (χ2v) is 4.11. The highest BCUT2D eigenvalue weighted by Crippen LogP contribution is 2.05. The van der Waals surface area contributed by atoms with E-state index < -0.39 is 0 Å². The van der Waals surface area contributed by atoms with E-state index in [1.807, 2.05) is 19.1 Å². The summed E-state index contributed by atoms with van der Waals surface area (Å²) in [6.45, 7) is 2.43. The van der Waals surface area contributed by atoms with Crippen molar-refractivity contribution in [3.05, 3.63) is 65.5 Å². The number of ether oxygens (including phenoxy) is 1. The lowest BCUT2D eigenvalue weighted by atomic mass is 10.1. The standard InChI is InChI=1S/C15H15NO2/c1-12-4-6-13(7-5-12)8-10-18-15(17)14-3-2-9-16-11-14/h2-7,9,11H,8,10H2,1H3. The Labute approximate surface area is 106 Å². The van der Waals surface area contributed by atoms with Gasteiger partial charge in [-0.2, -0.15) is 0 Å². The van der Waals surface area contributed by atoms with Crippen LogP contribution in [-0.2, 0) is 11.2 Å². The van der Waals surface area contributed by atoms with Gasteiger partial charge in [-0.05, 0) is 24.6 Å². The largest absolute Gasteiger partial charge is 0.462 e. The highest BCUT2D eigenvalue weighted by molar-refractivity contribution is 5.88. The van der Waals surface area contributed by atoms with E-state index in [4.69, 9.17) is 4.74 Å². The van der Waals surface area contributed by atoms with Crippen LogP contribution in [0.3, 0.4) is 0 Å². The summed E-state index contributed by atoms with van der Waals surface area (Å²) in [6, 6.07) is 11.6. The first-order valence-electron chi connectivity index (χ1n) is 5.88. The van der Waals surface area contributed by atoms with Crippen molar-refractivity contribution >= 4 is 5.97 Å². The van der Waals surface area contributed by atoms with Crippen LogP contribution in [0.4, 0.5) is 0 Å². The maximum Gasteiger partial charge on any atom is 0.339 e. The van der Waals surface area contributed by atoms with Crippen LogP contribution >= 0.6 is 0 Å². The van der Waals surface area contributed by atoms with Crippen LogP contribution < -0.4 is 0 Å². The second-order valence-electron chi connectivity index (χ2n) is 4.11. The molecular weight excluding hydrogens is 226 g/mol. The van der Waals surface area contributed by atoms with Gasteiger partial charge in [-0.15, -0.1) is 0 Å². The van der Waals surface area contributed by atoms with Crippen molar-refractivity contribution in [3.8, 4) is 0 Å². The van der Waals surface area contributed by atoms with Gasteiger partial charge in [0.1, 0.15) is 0 Å². The molecule has 0 saturated carbocycles. The number of benzene rings is 1. The third-order valence-electron chi connectivity index (χ3n) is 2.64. The molecule has 0 spiro atoms. The van der Waals surface area contributed by atoms with E-state index in [1.165, 1.54) is 17.3 Å². The predicted molar refractivity (Wildman–Crippen MR) is 69.4 cm³/mol. The van der Waals surface area contributed by atoms with Crippen molar-refractivity contribution in [1.82, 2.24) is 4.98 Å². The summed E-state index contributed by atoms with van der Waals surface area (Å²) >= 11 is 0. The third kappa shape index (κ3) is 3.42. The minimum Gasteiger partial charge on any atom is -0.462 e. The molecule has 1 aromatic heterocycles. The Morgan fingerprint density at radius 2 is 2.00 bits per heavy atom. The molecule has 3 nitrogen and oxygen atoms in total. The molecule has 0 bridgehead atoms. The van der Waals surface area contributed by atoms with E-state index in [2.05, 4.69) is 17.1 Å². The van der Waals surface area contributed by atoms with Gasteiger partial charge in [-0.1, -0.05) is 29.8 Å². The molecule has 0 aliphatic carbocycles. The van der Waals surface area contributed by atoms with E-state index in [0.29, 0.717) is 12.2 Å². The number of aromatic nitrogens is 1. The zero-order valence-corrected chi connectivity index (χ0v) is 10.3. The fourth-order valence-corrected chi connectivity index (χ4v) is 1.58. The van der Waals surface area contributed by atoms with Gasteiger partial charge >= 0.3 is 5.97 Å². The van der Waals surface area contributed by atoms with Crippen molar-refractivity contribution in [2.24, 2.45) is 0 Å². The summed E-state index contributed by atoms with van der Waals surface area (Å²) in [7, 11) is 0. The number of rotatable bonds is 4. The van der Waals surface area contributed by atoms with Crippen molar-refractivity contribution < 1.29 is 9.53 Å². The van der Waals surface area contributed by atoms with Crippen LogP contribution in [0.2, 0.25) is 0 Å². The van der Waals surface area contributed by atoms with Crippen LogP contribution in [0.1, 0.15) is 21.5 Å². The van der Waals surface area contributed by atoms with Crippen molar-refractivity contribution in [3.63, 3.8) is 0 Å². The van der Waals surface area contributed by atoms with Crippen molar-refractivity contribution in [1.29, 1.82) is 0 Å². The van der Waals surface area contributed by atoms with Crippen LogP contribution in [0.15, 0.2) is 48.8 Å². The molecule has 0 N–H and O–H groups in total. The Hall–Kier alpha value is -2.16. The Balaban J connectivity index is 1.82. The number of aryl methyl sites for hydroxylation is 1. The topological polar surface area (TPSA) is 39.2 Å². The van der Waals surface area contributed by atoms with Crippen LogP contribution in [-0.4, -0.2) is 17.6 Å². The maximum absolute atomic E-state index is 11.6. The van der Waals surface area contributed by atoms with Crippen LogP contribution in [0, 0.1) is 6.92 Å². The average Bonchev–Trinajstić information content (AvgIpc) is 2.42. The number of hydrogen-bond donors (Lipinski definition) is 0. The number of esters is 1. The van der Waals surface area contributed by atoms with E-state index in [9.17, 15) is 4.79 Å². The summed E-state index contributed by atoms with van der Waals surface area (Å²) in [5, 5.41) is 0. The first-order chi connectivity index (χ1) is 8.75. The number of nitrogens with zero attached hydrogens (tertiary/aromatic N) is 1. The Bertz CT molecular complexity index is 506. The molecule has 0 aliphatic heterocycles. The second kappa shape index (κ2) is 5.96. The van der Waals surface area contributed by atoms with Gasteiger partial charge in [-0.3, -0.25) is 4.98 Å². The number of pyridine rings is 1. The summed E-state index contributed by atoms with van der Waals surface area (Å²) < 4.78 is 5.18. The molecule has 0 amide bonds. The average molecular weight is 241 g/mol. The number of hydrogen-bond acceptors (Lipinski definition) is 3. The van der Waals surface area contributed by atoms with Gasteiger partial charge in [0, 0.05) is 18.8 Å². The molecule has 0 fully saturated rings. The van der Waals surface area contributed by atoms with Gasteiger partial charge in [-0.25, -0.2) is 4.79 Å². The van der Waals surface area contributed by atoms with E-state index in [1.54, 1.807) is 18.3 Å². The Morgan fingerprint density at radius 1 is 1.22 bits per heavy atom. The molecule has 0 aliphatic rings. The molecule has 1 aromatic carbocycles. The zero-order valence-electron chi connectivity index (χ0n) is 10.3. The summed E-state index contributed by atoms with van der Waals surface area (Å²) in [4.78, 5) is 15.5. The highest BCUT2D eigenvalue weighted by Gasteiger charge is 2.05. The summed E-state index contributed by atoms with van der Waals surface area (Å²) in [5.74, 6) is -0.324. The van der Waals surface area contributed by atoms with E-state index in [-0.39, 0.29) is 5.97 Å². The number of carbonyl (C=O) groups is 1. The Kier molecular flexibility index (Phi) is 4.07. The lowest BCUT2D eigenvalue weighted by Crippen LogP contribution is -2.08. The molecule has 0 saturated heterocycles. The first-order valence-corrected chi connectivity index (χ1v) is 5.88. The molecular formula is C15H15NO2. The molecule has 0 radical (unpaired) electrons. The molecule has 0 atom stereocenters. The monoisotopic (exact) mass is 241 g/mol. The lowest BCUT2D eigenvalue weighted by molar-refractivity contribution is 0.0509. The molecule has 0 unspecified atom stereocenters. The minimum absolute atomic E-state index is 0.324. The fourth-order valence-electron chi connectivity index (χ4n) is 1.58. The van der Waals surface area contributed by atoms with Crippen molar-refractivity contribution in [2.75, 3.05) is 6.61 Å². The summed E-state index contributed by atoms with van der Waals surface area (Å²) in [5.41, 5.74) is 2.88. The normalized spacial score (nSPS) is 10.1. The minimum atomic E-state index is -0.324. The van der Waals surface area contributed by atoms with Gasteiger partial charge in [0.25, 0.3) is 0 Å². The van der Waals surface area contributed by atoms with Gasteiger partial charge < -0.3 is 4.74 Å². The van der Waals surface area contributed by atoms with E-state index in [0.717, 1.165) is 6.42 Å². The molecule has 2 rings (SSSR count). The maximum atomic E-state index is 11.6. The molecule has 92 valence electrons. The molecule has 2 aromatic rings. The van der Waals surface area contributed by atoms with Crippen molar-refractivity contribution in [2.45, 2.75) is 13.3 Å². The Morgan fingerprint density at radius 3 is 2.67 bits per heavy atom. The zero-order chi connectivity index (χ0) is 12.8. The fraction of sp³-hybridized carbons (Fsp3) is 0.200. The SMILES string of the molecule is Cc1ccc(CCOC(=O)c2cccnc2)cc1. The van der Waals surface area contributed by atoms with Gasteiger partial charge in [0.05, 0.1) is 12.2 Å². The quantitative estimate of drug-likeness (QED) is 0.773. The van der Waals surface area contributed by atoms with Crippen LogP contribution in [0.25, 0.3) is 0 Å². The third-order valence-corrected chi connectivity index (χ3v) is 2.64. The highest BCUT2D eigenvalue weighted by atomic mass is 16.5. The van der Waals surface area contributed by atoms with Crippen LogP contribution in [0.5, 0.6) is 0 Å². The first kappa shape index (κ1) is 12.3. The predicted octanol–water partition coefficient (Wildman–Crippen LogP) is 2.79. The van der Waals surface area contributed by atoms with Gasteiger partial charge in [0.15, 0.2) is 0 Å². The summed E-state index contributed by atoms with van der Waals surface area (Å²) in [6.07, 6.45) is 3.86.